The lowest BCUT2D eigenvalue weighted by Gasteiger charge is -2.42. The molecule has 0 radical (unpaired) electrons. The topological polar surface area (TPSA) is 119 Å². The molecule has 1 fully saturated rings. The van der Waals surface area contributed by atoms with Gasteiger partial charge in [-0.15, -0.1) is 0 Å². The predicted octanol–water partition coefficient (Wildman–Crippen LogP) is 1.51. The number of esters is 1. The van der Waals surface area contributed by atoms with Crippen LogP contribution in [0.3, 0.4) is 0 Å². The van der Waals surface area contributed by atoms with Crippen molar-refractivity contribution in [2.75, 3.05) is 6.54 Å². The van der Waals surface area contributed by atoms with Crippen molar-refractivity contribution in [3.05, 3.63) is 0 Å². The van der Waals surface area contributed by atoms with Crippen molar-refractivity contribution < 1.29 is 29.0 Å². The number of carbonyl (C=O) groups is 3. The lowest BCUT2D eigenvalue weighted by Crippen LogP contribution is -2.63. The number of rotatable bonds is 2. The van der Waals surface area contributed by atoms with Crippen LogP contribution in [0.15, 0.2) is 0 Å². The Labute approximate surface area is 142 Å². The fourth-order valence-electron chi connectivity index (χ4n) is 2.35. The van der Waals surface area contributed by atoms with E-state index in [0.717, 1.165) is 0 Å². The number of nitrogens with zero attached hydrogens (tertiary/aromatic N) is 1. The summed E-state index contributed by atoms with van der Waals surface area (Å²) >= 11 is 0. The summed E-state index contributed by atoms with van der Waals surface area (Å²) in [6.07, 6.45) is -0.886. The second-order valence-corrected chi connectivity index (χ2v) is 8.14. The number of hydrogen-bond donors (Lipinski definition) is 2. The van der Waals surface area contributed by atoms with Crippen molar-refractivity contribution in [3.8, 4) is 0 Å². The maximum absolute atomic E-state index is 12.5. The van der Waals surface area contributed by atoms with Gasteiger partial charge in [0.25, 0.3) is 0 Å². The van der Waals surface area contributed by atoms with Gasteiger partial charge in [0.2, 0.25) is 0 Å². The molecule has 3 N–H and O–H groups in total. The van der Waals surface area contributed by atoms with E-state index in [-0.39, 0.29) is 19.4 Å². The largest absolute Gasteiger partial charge is 0.480 e. The van der Waals surface area contributed by atoms with Crippen LogP contribution in [0.2, 0.25) is 0 Å². The number of aliphatic carboxylic acids is 1. The van der Waals surface area contributed by atoms with E-state index in [1.165, 1.54) is 4.90 Å². The number of carboxylic acid groups (broad SMARTS) is 1. The number of carbonyl (C=O) groups excluding carboxylic acids is 2. The first-order chi connectivity index (χ1) is 10.6. The minimum absolute atomic E-state index is 0.00161. The smallest absolute Gasteiger partial charge is 0.411 e. The lowest BCUT2D eigenvalue weighted by molar-refractivity contribution is -0.165. The molecule has 1 heterocycles. The number of ether oxygens (including phenoxy) is 2. The predicted molar refractivity (Wildman–Crippen MR) is 86.4 cm³/mol. The number of piperidine rings is 1. The molecule has 24 heavy (non-hydrogen) atoms. The quantitative estimate of drug-likeness (QED) is 0.729. The van der Waals surface area contributed by atoms with E-state index in [2.05, 4.69) is 0 Å². The van der Waals surface area contributed by atoms with Gasteiger partial charge in [-0.2, -0.15) is 0 Å². The van der Waals surface area contributed by atoms with Crippen LogP contribution in [0.1, 0.15) is 54.4 Å². The molecule has 0 spiro atoms. The van der Waals surface area contributed by atoms with Crippen LogP contribution in [0.5, 0.6) is 0 Å². The van der Waals surface area contributed by atoms with E-state index in [4.69, 9.17) is 15.2 Å². The second kappa shape index (κ2) is 6.58. The first-order valence-electron chi connectivity index (χ1n) is 7.89. The highest BCUT2D eigenvalue weighted by molar-refractivity contribution is 5.86. The third-order valence-electron chi connectivity index (χ3n) is 3.47. The molecule has 0 saturated carbocycles. The average molecular weight is 344 g/mol. The number of amides is 1. The number of nitrogens with two attached hydrogens (primary N) is 1. The molecule has 1 rings (SSSR count). The SMILES string of the molecule is CC(C)(C)OC(=O)C1CC(N)(C(=O)O)CCN1C(=O)OC(C)(C)C. The Morgan fingerprint density at radius 3 is 2.00 bits per heavy atom. The van der Waals surface area contributed by atoms with Crippen molar-refractivity contribution in [3.63, 3.8) is 0 Å². The zero-order chi connectivity index (χ0) is 18.9. The molecular formula is C16H28N2O6. The molecular weight excluding hydrogens is 316 g/mol. The van der Waals surface area contributed by atoms with Gasteiger partial charge in [-0.1, -0.05) is 0 Å². The highest BCUT2D eigenvalue weighted by atomic mass is 16.6. The van der Waals surface area contributed by atoms with Crippen LogP contribution in [0, 0.1) is 0 Å². The molecule has 1 aliphatic rings. The molecule has 8 nitrogen and oxygen atoms in total. The van der Waals surface area contributed by atoms with Crippen LogP contribution in [-0.2, 0) is 19.1 Å². The molecule has 1 saturated heterocycles. The van der Waals surface area contributed by atoms with E-state index < -0.39 is 40.8 Å². The fourth-order valence-corrected chi connectivity index (χ4v) is 2.35. The van der Waals surface area contributed by atoms with E-state index in [9.17, 15) is 19.5 Å². The Morgan fingerprint density at radius 1 is 1.08 bits per heavy atom. The summed E-state index contributed by atoms with van der Waals surface area (Å²) in [5.41, 5.74) is 2.81. The van der Waals surface area contributed by atoms with Crippen molar-refractivity contribution in [2.24, 2.45) is 5.73 Å². The third-order valence-corrected chi connectivity index (χ3v) is 3.47. The van der Waals surface area contributed by atoms with Crippen molar-refractivity contribution in [2.45, 2.75) is 77.2 Å². The summed E-state index contributed by atoms with van der Waals surface area (Å²) in [5, 5.41) is 9.33. The summed E-state index contributed by atoms with van der Waals surface area (Å²) in [7, 11) is 0. The molecule has 1 aliphatic heterocycles. The number of carboxylic acids is 1. The summed E-state index contributed by atoms with van der Waals surface area (Å²) in [4.78, 5) is 37.5. The summed E-state index contributed by atoms with van der Waals surface area (Å²) in [6, 6.07) is -1.10. The standard InChI is InChI=1S/C16H28N2O6/c1-14(2,3)23-11(19)10-9-16(17,12(20)21)7-8-18(10)13(22)24-15(4,5)6/h10H,7-9,17H2,1-6H3,(H,20,21). The first kappa shape index (κ1) is 20.2. The summed E-state index contributed by atoms with van der Waals surface area (Å²) in [5.74, 6) is -1.90. The van der Waals surface area contributed by atoms with E-state index in [1.54, 1.807) is 41.5 Å². The van der Waals surface area contributed by atoms with Gasteiger partial charge in [0.15, 0.2) is 0 Å². The first-order valence-corrected chi connectivity index (χ1v) is 7.89. The van der Waals surface area contributed by atoms with Crippen LogP contribution >= 0.6 is 0 Å². The van der Waals surface area contributed by atoms with Crippen molar-refractivity contribution in [1.29, 1.82) is 0 Å². The third kappa shape index (κ3) is 5.36. The van der Waals surface area contributed by atoms with Crippen molar-refractivity contribution >= 4 is 18.0 Å². The van der Waals surface area contributed by atoms with Crippen LogP contribution in [0.25, 0.3) is 0 Å². The number of likely N-dealkylation sites (tertiary alicyclic amines) is 1. The molecule has 8 heteroatoms. The van der Waals surface area contributed by atoms with Crippen LogP contribution < -0.4 is 5.73 Å². The maximum Gasteiger partial charge on any atom is 0.411 e. The Balaban J connectivity index is 3.06. The van der Waals surface area contributed by atoms with Gasteiger partial charge >= 0.3 is 18.0 Å². The van der Waals surface area contributed by atoms with Crippen molar-refractivity contribution in [1.82, 2.24) is 4.90 Å². The summed E-state index contributed by atoms with van der Waals surface area (Å²) in [6.45, 7) is 10.2. The van der Waals surface area contributed by atoms with Gasteiger partial charge in [-0.25, -0.2) is 9.59 Å². The second-order valence-electron chi connectivity index (χ2n) is 8.14. The normalized spacial score (nSPS) is 25.1. The molecule has 2 atom stereocenters. The van der Waals surface area contributed by atoms with Gasteiger partial charge in [0, 0.05) is 13.0 Å². The Kier molecular flexibility index (Phi) is 5.54. The summed E-state index contributed by atoms with van der Waals surface area (Å²) < 4.78 is 10.6. The van der Waals surface area contributed by atoms with Crippen LogP contribution in [0.4, 0.5) is 4.79 Å². The van der Waals surface area contributed by atoms with Gasteiger partial charge in [-0.05, 0) is 48.0 Å². The highest BCUT2D eigenvalue weighted by Gasteiger charge is 2.48. The highest BCUT2D eigenvalue weighted by Crippen LogP contribution is 2.28. The molecule has 2 unspecified atom stereocenters. The number of hydrogen-bond acceptors (Lipinski definition) is 6. The van der Waals surface area contributed by atoms with Gasteiger partial charge in [0.1, 0.15) is 22.8 Å². The molecule has 0 aromatic heterocycles. The minimum Gasteiger partial charge on any atom is -0.480 e. The fraction of sp³-hybridized carbons (Fsp3) is 0.812. The monoisotopic (exact) mass is 344 g/mol. The Morgan fingerprint density at radius 2 is 1.58 bits per heavy atom. The van der Waals surface area contributed by atoms with E-state index in [0.29, 0.717) is 0 Å². The van der Waals surface area contributed by atoms with Gasteiger partial charge < -0.3 is 20.3 Å². The van der Waals surface area contributed by atoms with E-state index >= 15 is 0 Å². The molecule has 0 aliphatic carbocycles. The molecule has 0 aromatic rings. The maximum atomic E-state index is 12.5. The van der Waals surface area contributed by atoms with E-state index in [1.807, 2.05) is 0 Å². The molecule has 0 aromatic carbocycles. The van der Waals surface area contributed by atoms with Crippen LogP contribution in [-0.4, -0.2) is 57.4 Å². The van der Waals surface area contributed by atoms with Gasteiger partial charge in [-0.3, -0.25) is 9.69 Å². The molecule has 1 amide bonds. The Bertz CT molecular complexity index is 520. The minimum atomic E-state index is -1.58. The molecule has 0 bridgehead atoms. The molecule has 138 valence electrons. The van der Waals surface area contributed by atoms with Gasteiger partial charge in [0.05, 0.1) is 0 Å². The zero-order valence-corrected chi connectivity index (χ0v) is 15.2. The Hall–Kier alpha value is -1.83. The zero-order valence-electron chi connectivity index (χ0n) is 15.2. The lowest BCUT2D eigenvalue weighted by atomic mass is 9.84. The average Bonchev–Trinajstić information content (AvgIpc) is 2.34.